The van der Waals surface area contributed by atoms with Gasteiger partial charge in [-0.1, -0.05) is 42.0 Å². The van der Waals surface area contributed by atoms with Crippen molar-refractivity contribution in [3.63, 3.8) is 0 Å². The summed E-state index contributed by atoms with van der Waals surface area (Å²) in [5.41, 5.74) is 5.55. The number of aromatic nitrogens is 2. The van der Waals surface area contributed by atoms with Crippen molar-refractivity contribution in [2.75, 3.05) is 14.2 Å². The first-order valence-electron chi connectivity index (χ1n) is 11.3. The van der Waals surface area contributed by atoms with Crippen molar-refractivity contribution in [2.45, 2.75) is 13.2 Å². The summed E-state index contributed by atoms with van der Waals surface area (Å²) in [4.78, 5) is 8.79. The van der Waals surface area contributed by atoms with Crippen LogP contribution in [0.1, 0.15) is 11.1 Å². The average Bonchev–Trinajstić information content (AvgIpc) is 2.93. The fraction of sp³-hybridized carbons (Fsp3) is 0.133. The summed E-state index contributed by atoms with van der Waals surface area (Å²) in [7, 11) is 3.49. The molecule has 0 aliphatic rings. The summed E-state index contributed by atoms with van der Waals surface area (Å²) in [5.74, 6) is 0.680. The molecule has 36 heavy (non-hydrogen) atoms. The molecule has 0 saturated carbocycles. The van der Waals surface area contributed by atoms with Crippen LogP contribution in [0.5, 0.6) is 5.75 Å². The Hall–Kier alpha value is -3.37. The molecule has 0 aliphatic heterocycles. The summed E-state index contributed by atoms with van der Waals surface area (Å²) in [6, 6.07) is 32.1. The van der Waals surface area contributed by atoms with Crippen molar-refractivity contribution in [1.82, 2.24) is 15.3 Å². The molecule has 6 heteroatoms. The summed E-state index contributed by atoms with van der Waals surface area (Å²) in [5, 5.41) is 14.9. The zero-order chi connectivity index (χ0) is 24.5. The Morgan fingerprint density at radius 3 is 2.50 bits per heavy atom. The second-order valence-corrected chi connectivity index (χ2v) is 7.83. The van der Waals surface area contributed by atoms with Crippen LogP contribution in [-0.4, -0.2) is 29.2 Å². The summed E-state index contributed by atoms with van der Waals surface area (Å²) in [6.07, 6.45) is 3.61. The molecule has 0 saturated heterocycles. The number of hydrogen-bond donors (Lipinski definition) is 2. The molecule has 0 spiro atoms. The van der Waals surface area contributed by atoms with Crippen LogP contribution >= 0.6 is 0 Å². The maximum Gasteiger partial charge on any atom is 2.00 e. The molecule has 0 aliphatic carbocycles. The number of hydrogen-bond acceptors (Lipinski definition) is 5. The zero-order valence-electron chi connectivity index (χ0n) is 20.1. The van der Waals surface area contributed by atoms with Crippen molar-refractivity contribution in [3.8, 4) is 28.3 Å². The Balaban J connectivity index is 0.000000197. The van der Waals surface area contributed by atoms with Crippen LogP contribution in [0.25, 0.3) is 33.3 Å². The molecule has 5 nitrogen and oxygen atoms in total. The Labute approximate surface area is 226 Å². The number of fused-ring (bicyclic) bond motifs is 1. The molecular formula is C30H27N3O2Pt. The van der Waals surface area contributed by atoms with E-state index in [-0.39, 0.29) is 27.7 Å². The summed E-state index contributed by atoms with van der Waals surface area (Å²) >= 11 is 0. The Bertz CT molecular complexity index is 1390. The number of aliphatic hydroxyl groups excluding tert-OH is 1. The van der Waals surface area contributed by atoms with Crippen LogP contribution in [0.4, 0.5) is 0 Å². The van der Waals surface area contributed by atoms with E-state index in [2.05, 4.69) is 39.6 Å². The van der Waals surface area contributed by atoms with Gasteiger partial charge < -0.3 is 25.1 Å². The van der Waals surface area contributed by atoms with Crippen LogP contribution in [0.2, 0.25) is 0 Å². The molecule has 2 aromatic heterocycles. The fourth-order valence-electron chi connectivity index (χ4n) is 3.80. The minimum absolute atomic E-state index is 0. The average molecular weight is 657 g/mol. The van der Waals surface area contributed by atoms with Crippen LogP contribution in [-0.2, 0) is 34.2 Å². The second kappa shape index (κ2) is 13.6. The molecule has 5 aromatic rings. The Kier molecular flexibility index (Phi) is 10.3. The van der Waals surface area contributed by atoms with E-state index in [1.807, 2.05) is 67.8 Å². The van der Waals surface area contributed by atoms with E-state index in [0.717, 1.165) is 40.2 Å². The van der Waals surface area contributed by atoms with Crippen molar-refractivity contribution < 1.29 is 30.9 Å². The molecule has 0 bridgehead atoms. The largest absolute Gasteiger partial charge is 2.00 e. The predicted octanol–water partition coefficient (Wildman–Crippen LogP) is 5.47. The molecule has 0 atom stereocenters. The fourth-order valence-corrected chi connectivity index (χ4v) is 3.80. The third-order valence-corrected chi connectivity index (χ3v) is 5.50. The number of ether oxygens (including phenoxy) is 1. The van der Waals surface area contributed by atoms with E-state index in [0.29, 0.717) is 5.75 Å². The third-order valence-electron chi connectivity index (χ3n) is 5.50. The predicted molar refractivity (Wildman–Crippen MR) is 140 cm³/mol. The molecular weight excluding hydrogens is 629 g/mol. The van der Waals surface area contributed by atoms with Gasteiger partial charge in [0.1, 0.15) is 0 Å². The first kappa shape index (κ1) is 27.2. The standard InChI is InChI=1S/C15H17N2O2.C15H10N.Pt/c1-16-9-11-5-6-17-15(7-11)14-4-3-13(19-2)8-12(14)10-18;1-2-7-13(8-3-1)15-14-9-5-4-6-12(14)10-11-16-15;/h3,5-8,16,18H,9-10H2,1-2H3;1-7,9-11H;/q2*-1;+2. The van der Waals surface area contributed by atoms with Gasteiger partial charge in [0.25, 0.3) is 0 Å². The topological polar surface area (TPSA) is 67.3 Å². The van der Waals surface area contributed by atoms with Gasteiger partial charge in [-0.2, -0.15) is 0 Å². The summed E-state index contributed by atoms with van der Waals surface area (Å²) in [6.45, 7) is 0.709. The zero-order valence-corrected chi connectivity index (χ0v) is 22.4. The maximum atomic E-state index is 9.46. The van der Waals surface area contributed by atoms with Crippen LogP contribution in [0, 0.1) is 12.1 Å². The number of methoxy groups -OCH3 is 1. The number of pyridine rings is 2. The van der Waals surface area contributed by atoms with Gasteiger partial charge in [-0.3, -0.25) is 0 Å². The minimum atomic E-state index is -0.0685. The van der Waals surface area contributed by atoms with Crippen molar-refractivity contribution in [2.24, 2.45) is 0 Å². The maximum absolute atomic E-state index is 9.46. The summed E-state index contributed by atoms with van der Waals surface area (Å²) < 4.78 is 5.14. The molecule has 2 N–H and O–H groups in total. The normalized spacial score (nSPS) is 10.2. The van der Waals surface area contributed by atoms with Crippen LogP contribution in [0.15, 0.2) is 91.3 Å². The Morgan fingerprint density at radius 2 is 1.75 bits per heavy atom. The monoisotopic (exact) mass is 656 g/mol. The van der Waals surface area contributed by atoms with E-state index >= 15 is 0 Å². The number of aliphatic hydroxyl groups is 1. The first-order chi connectivity index (χ1) is 17.2. The quantitative estimate of drug-likeness (QED) is 0.238. The molecule has 0 fully saturated rings. The third kappa shape index (κ3) is 6.64. The van der Waals surface area contributed by atoms with Gasteiger partial charge >= 0.3 is 21.1 Å². The Morgan fingerprint density at radius 1 is 0.944 bits per heavy atom. The SMILES string of the molecule is CNCc1ccnc(-c2[c-]cc(OC)cc2CO)c1.[Pt+2].[c-]1ccccc1-c1nccc2ccccc12. The van der Waals surface area contributed by atoms with Crippen LogP contribution in [0.3, 0.4) is 0 Å². The minimum Gasteiger partial charge on any atom is -0.540 e. The van der Waals surface area contributed by atoms with Gasteiger partial charge in [0.2, 0.25) is 0 Å². The number of benzene rings is 3. The van der Waals surface area contributed by atoms with Gasteiger partial charge in [0.05, 0.1) is 7.11 Å². The van der Waals surface area contributed by atoms with Gasteiger partial charge in [-0.25, -0.2) is 0 Å². The second-order valence-electron chi connectivity index (χ2n) is 7.83. The molecule has 2 heterocycles. The van der Waals surface area contributed by atoms with E-state index in [4.69, 9.17) is 4.74 Å². The molecule has 3 aromatic carbocycles. The molecule has 184 valence electrons. The molecule has 0 amide bonds. The van der Waals surface area contributed by atoms with Crippen molar-refractivity contribution in [3.05, 3.63) is 115 Å². The van der Waals surface area contributed by atoms with Crippen molar-refractivity contribution >= 4 is 10.8 Å². The number of rotatable bonds is 6. The van der Waals surface area contributed by atoms with Crippen molar-refractivity contribution in [1.29, 1.82) is 0 Å². The van der Waals surface area contributed by atoms with E-state index in [1.54, 1.807) is 25.4 Å². The van der Waals surface area contributed by atoms with Gasteiger partial charge in [0.15, 0.2) is 0 Å². The smallest absolute Gasteiger partial charge is 0.540 e. The van der Waals surface area contributed by atoms with Gasteiger partial charge in [-0.15, -0.1) is 53.6 Å². The van der Waals surface area contributed by atoms with Crippen LogP contribution < -0.4 is 10.1 Å². The van der Waals surface area contributed by atoms with Gasteiger partial charge in [0, 0.05) is 31.3 Å². The van der Waals surface area contributed by atoms with E-state index in [1.165, 1.54) is 10.8 Å². The first-order valence-corrected chi connectivity index (χ1v) is 11.3. The van der Waals surface area contributed by atoms with E-state index < -0.39 is 0 Å². The molecule has 0 radical (unpaired) electrons. The number of nitrogens with one attached hydrogen (secondary N) is 1. The molecule has 0 unspecified atom stereocenters. The van der Waals surface area contributed by atoms with Gasteiger partial charge in [-0.05, 0) is 46.9 Å². The molecule has 5 rings (SSSR count). The number of nitrogens with zero attached hydrogens (tertiary/aromatic N) is 2. The van der Waals surface area contributed by atoms with E-state index in [9.17, 15) is 5.11 Å².